The highest BCUT2D eigenvalue weighted by molar-refractivity contribution is 14.1. The lowest BCUT2D eigenvalue weighted by Crippen LogP contribution is -2.40. The van der Waals surface area contributed by atoms with Gasteiger partial charge in [0.2, 0.25) is 0 Å². The Kier molecular flexibility index (Phi) is 5.74. The Labute approximate surface area is 117 Å². The number of hydrogen-bond donors (Lipinski definition) is 0. The number of amides is 2. The molecule has 0 fully saturated rings. The molecular formula is C13H19IN2O. The summed E-state index contributed by atoms with van der Waals surface area (Å²) >= 11 is 2.30. The van der Waals surface area contributed by atoms with E-state index in [1.165, 1.54) is 9.13 Å². The summed E-state index contributed by atoms with van der Waals surface area (Å²) in [7, 11) is 1.85. The second kappa shape index (κ2) is 6.83. The van der Waals surface area contributed by atoms with E-state index in [1.807, 2.05) is 37.9 Å². The van der Waals surface area contributed by atoms with Crippen LogP contribution in [0.4, 0.5) is 4.79 Å². The molecule has 4 heteroatoms. The molecule has 0 aromatic heterocycles. The standard InChI is InChI=1S/C13H19IN2O/c1-4-16(5-2)13(17)15(3)10-11-8-6-7-9-12(11)14/h6-9H,4-5,10H2,1-3H3. The fourth-order valence-electron chi connectivity index (χ4n) is 1.69. The van der Waals surface area contributed by atoms with E-state index in [-0.39, 0.29) is 6.03 Å². The van der Waals surface area contributed by atoms with Crippen LogP contribution in [0.25, 0.3) is 0 Å². The van der Waals surface area contributed by atoms with Crippen molar-refractivity contribution in [2.24, 2.45) is 0 Å². The first-order valence-electron chi connectivity index (χ1n) is 5.83. The molecule has 0 saturated carbocycles. The molecule has 2 amide bonds. The predicted molar refractivity (Wildman–Crippen MR) is 78.9 cm³/mol. The van der Waals surface area contributed by atoms with E-state index in [2.05, 4.69) is 34.7 Å². The minimum Gasteiger partial charge on any atom is -0.325 e. The molecule has 1 aromatic rings. The maximum Gasteiger partial charge on any atom is 0.320 e. The Hall–Kier alpha value is -0.780. The minimum atomic E-state index is 0.0923. The van der Waals surface area contributed by atoms with Crippen molar-refractivity contribution in [3.63, 3.8) is 0 Å². The van der Waals surface area contributed by atoms with Crippen molar-refractivity contribution in [2.75, 3.05) is 20.1 Å². The number of hydrogen-bond acceptors (Lipinski definition) is 1. The van der Waals surface area contributed by atoms with Gasteiger partial charge in [-0.2, -0.15) is 0 Å². The van der Waals surface area contributed by atoms with E-state index in [1.54, 1.807) is 4.90 Å². The molecule has 94 valence electrons. The summed E-state index contributed by atoms with van der Waals surface area (Å²) < 4.78 is 1.20. The highest BCUT2D eigenvalue weighted by atomic mass is 127. The average Bonchev–Trinajstić information content (AvgIpc) is 2.33. The number of rotatable bonds is 4. The molecule has 0 heterocycles. The minimum absolute atomic E-state index is 0.0923. The lowest BCUT2D eigenvalue weighted by molar-refractivity contribution is 0.165. The van der Waals surface area contributed by atoms with Crippen LogP contribution in [-0.2, 0) is 6.54 Å². The predicted octanol–water partition coefficient (Wildman–Crippen LogP) is 3.18. The first-order valence-corrected chi connectivity index (χ1v) is 6.91. The van der Waals surface area contributed by atoms with Gasteiger partial charge in [-0.15, -0.1) is 0 Å². The van der Waals surface area contributed by atoms with Gasteiger partial charge in [0.15, 0.2) is 0 Å². The molecule has 17 heavy (non-hydrogen) atoms. The van der Waals surface area contributed by atoms with Crippen LogP contribution in [0, 0.1) is 3.57 Å². The van der Waals surface area contributed by atoms with Crippen molar-refractivity contribution in [3.8, 4) is 0 Å². The van der Waals surface area contributed by atoms with Crippen LogP contribution >= 0.6 is 22.6 Å². The summed E-state index contributed by atoms with van der Waals surface area (Å²) in [4.78, 5) is 15.7. The van der Waals surface area contributed by atoms with Crippen molar-refractivity contribution >= 4 is 28.6 Å². The molecule has 0 aliphatic rings. The van der Waals surface area contributed by atoms with Gasteiger partial charge in [0.1, 0.15) is 0 Å². The van der Waals surface area contributed by atoms with Crippen LogP contribution in [0.5, 0.6) is 0 Å². The van der Waals surface area contributed by atoms with Crippen LogP contribution in [0.1, 0.15) is 19.4 Å². The molecule has 0 N–H and O–H groups in total. The van der Waals surface area contributed by atoms with Crippen molar-refractivity contribution in [1.29, 1.82) is 0 Å². The number of halogens is 1. The zero-order valence-electron chi connectivity index (χ0n) is 10.6. The lowest BCUT2D eigenvalue weighted by atomic mass is 10.2. The van der Waals surface area contributed by atoms with Gasteiger partial charge in [0, 0.05) is 30.3 Å². The SMILES string of the molecule is CCN(CC)C(=O)N(C)Cc1ccccc1I. The molecule has 1 rings (SSSR count). The van der Waals surface area contributed by atoms with Crippen LogP contribution in [0.3, 0.4) is 0 Å². The van der Waals surface area contributed by atoms with E-state index in [0.717, 1.165) is 13.1 Å². The Bertz CT molecular complexity index is 377. The third kappa shape index (κ3) is 3.87. The third-order valence-corrected chi connectivity index (χ3v) is 3.78. The summed E-state index contributed by atoms with van der Waals surface area (Å²) in [5.41, 5.74) is 1.19. The van der Waals surface area contributed by atoms with Gasteiger partial charge in [-0.05, 0) is 48.1 Å². The van der Waals surface area contributed by atoms with Crippen LogP contribution in [0.2, 0.25) is 0 Å². The van der Waals surface area contributed by atoms with Crippen molar-refractivity contribution in [1.82, 2.24) is 9.80 Å². The van der Waals surface area contributed by atoms with E-state index < -0.39 is 0 Å². The average molecular weight is 346 g/mol. The number of benzene rings is 1. The Morgan fingerprint density at radius 1 is 1.24 bits per heavy atom. The normalized spacial score (nSPS) is 10.1. The van der Waals surface area contributed by atoms with E-state index in [0.29, 0.717) is 6.54 Å². The van der Waals surface area contributed by atoms with Gasteiger partial charge in [-0.3, -0.25) is 0 Å². The van der Waals surface area contributed by atoms with Crippen LogP contribution in [-0.4, -0.2) is 36.0 Å². The number of nitrogens with zero attached hydrogens (tertiary/aromatic N) is 2. The molecule has 0 aliphatic carbocycles. The molecule has 0 aliphatic heterocycles. The number of urea groups is 1. The largest absolute Gasteiger partial charge is 0.325 e. The Morgan fingerprint density at radius 2 is 1.82 bits per heavy atom. The molecule has 0 spiro atoms. The van der Waals surface area contributed by atoms with Crippen LogP contribution < -0.4 is 0 Å². The maximum atomic E-state index is 12.1. The van der Waals surface area contributed by atoms with Crippen molar-refractivity contribution in [3.05, 3.63) is 33.4 Å². The summed E-state index contributed by atoms with van der Waals surface area (Å²) in [6.07, 6.45) is 0. The first kappa shape index (κ1) is 14.3. The molecule has 0 radical (unpaired) electrons. The molecule has 0 atom stereocenters. The lowest BCUT2D eigenvalue weighted by Gasteiger charge is -2.26. The zero-order chi connectivity index (χ0) is 12.8. The van der Waals surface area contributed by atoms with Gasteiger partial charge < -0.3 is 9.80 Å². The first-order chi connectivity index (χ1) is 8.10. The van der Waals surface area contributed by atoms with E-state index in [9.17, 15) is 4.79 Å². The van der Waals surface area contributed by atoms with Gasteiger partial charge in [0.05, 0.1) is 0 Å². The van der Waals surface area contributed by atoms with E-state index >= 15 is 0 Å². The maximum absolute atomic E-state index is 12.1. The van der Waals surface area contributed by atoms with Crippen molar-refractivity contribution < 1.29 is 4.79 Å². The van der Waals surface area contributed by atoms with Gasteiger partial charge in [0.25, 0.3) is 0 Å². The highest BCUT2D eigenvalue weighted by Crippen LogP contribution is 2.14. The molecular weight excluding hydrogens is 327 g/mol. The highest BCUT2D eigenvalue weighted by Gasteiger charge is 2.15. The molecule has 0 saturated heterocycles. The summed E-state index contributed by atoms with van der Waals surface area (Å²) in [6.45, 7) is 6.18. The summed E-state index contributed by atoms with van der Waals surface area (Å²) in [5.74, 6) is 0. The molecule has 0 unspecified atom stereocenters. The van der Waals surface area contributed by atoms with Gasteiger partial charge in [-0.1, -0.05) is 18.2 Å². The molecule has 0 bridgehead atoms. The van der Waals surface area contributed by atoms with Crippen molar-refractivity contribution in [2.45, 2.75) is 20.4 Å². The van der Waals surface area contributed by atoms with Crippen LogP contribution in [0.15, 0.2) is 24.3 Å². The fourth-order valence-corrected chi connectivity index (χ4v) is 2.24. The quantitative estimate of drug-likeness (QED) is 0.768. The fraction of sp³-hybridized carbons (Fsp3) is 0.462. The number of carbonyl (C=O) groups is 1. The third-order valence-electron chi connectivity index (χ3n) is 2.73. The second-order valence-corrected chi connectivity index (χ2v) is 5.06. The molecule has 3 nitrogen and oxygen atoms in total. The second-order valence-electron chi connectivity index (χ2n) is 3.90. The summed E-state index contributed by atoms with van der Waals surface area (Å²) in [5, 5.41) is 0. The van der Waals surface area contributed by atoms with E-state index in [4.69, 9.17) is 0 Å². The topological polar surface area (TPSA) is 23.6 Å². The molecule has 1 aromatic carbocycles. The number of carbonyl (C=O) groups excluding carboxylic acids is 1. The Morgan fingerprint density at radius 3 is 2.35 bits per heavy atom. The summed E-state index contributed by atoms with van der Waals surface area (Å²) in [6, 6.07) is 8.24. The smallest absolute Gasteiger partial charge is 0.320 e. The zero-order valence-corrected chi connectivity index (χ0v) is 12.8. The van der Waals surface area contributed by atoms with Gasteiger partial charge in [-0.25, -0.2) is 4.79 Å². The monoisotopic (exact) mass is 346 g/mol. The van der Waals surface area contributed by atoms with Gasteiger partial charge >= 0.3 is 6.03 Å². The Balaban J connectivity index is 2.69.